The Kier molecular flexibility index (Phi) is 6.01. The molecular formula is C15H26N2OS. The maximum atomic E-state index is 12.1. The molecule has 0 aliphatic heterocycles. The molecule has 3 nitrogen and oxygen atoms in total. The molecule has 0 fully saturated rings. The molecule has 0 saturated carbocycles. The minimum Gasteiger partial charge on any atom is -0.348 e. The predicted octanol–water partition coefficient (Wildman–Crippen LogP) is 3.47. The lowest BCUT2D eigenvalue weighted by atomic mass is 9.85. The van der Waals surface area contributed by atoms with Crippen molar-refractivity contribution in [2.75, 3.05) is 0 Å². The van der Waals surface area contributed by atoms with E-state index in [1.807, 2.05) is 11.4 Å². The van der Waals surface area contributed by atoms with E-state index in [0.29, 0.717) is 6.42 Å². The van der Waals surface area contributed by atoms with Gasteiger partial charge in [0.1, 0.15) is 0 Å². The number of nitrogens with two attached hydrogens (primary N) is 1. The van der Waals surface area contributed by atoms with E-state index in [2.05, 4.69) is 39.1 Å². The molecule has 0 aliphatic rings. The Bertz CT molecular complexity index is 381. The second-order valence-corrected chi connectivity index (χ2v) is 7.08. The van der Waals surface area contributed by atoms with Crippen molar-refractivity contribution in [3.05, 3.63) is 22.4 Å². The summed E-state index contributed by atoms with van der Waals surface area (Å²) in [5.74, 6) is 0.0503. The van der Waals surface area contributed by atoms with Crippen LogP contribution in [0.3, 0.4) is 0 Å². The molecule has 0 aliphatic carbocycles. The van der Waals surface area contributed by atoms with Gasteiger partial charge >= 0.3 is 0 Å². The normalized spacial score (nSPS) is 15.0. The first-order valence-electron chi connectivity index (χ1n) is 6.93. The van der Waals surface area contributed by atoms with Crippen molar-refractivity contribution in [3.8, 4) is 0 Å². The molecule has 3 N–H and O–H groups in total. The first kappa shape index (κ1) is 16.2. The van der Waals surface area contributed by atoms with Gasteiger partial charge in [-0.3, -0.25) is 4.79 Å². The molecule has 0 bridgehead atoms. The van der Waals surface area contributed by atoms with E-state index in [1.54, 1.807) is 11.3 Å². The molecule has 2 atom stereocenters. The van der Waals surface area contributed by atoms with E-state index in [1.165, 1.54) is 4.88 Å². The molecule has 0 radical (unpaired) electrons. The number of carbonyl (C=O) groups is 1. The van der Waals surface area contributed by atoms with Crippen LogP contribution in [-0.4, -0.2) is 11.9 Å². The zero-order chi connectivity index (χ0) is 14.5. The highest BCUT2D eigenvalue weighted by Crippen LogP contribution is 2.24. The number of hydrogen-bond donors (Lipinski definition) is 2. The minimum absolute atomic E-state index is 0.0411. The second-order valence-electron chi connectivity index (χ2n) is 6.10. The Morgan fingerprint density at radius 3 is 2.63 bits per heavy atom. The van der Waals surface area contributed by atoms with E-state index in [0.717, 1.165) is 12.8 Å². The van der Waals surface area contributed by atoms with Crippen LogP contribution in [-0.2, 0) is 4.79 Å². The lowest BCUT2D eigenvalue weighted by molar-refractivity contribution is -0.122. The van der Waals surface area contributed by atoms with Gasteiger partial charge < -0.3 is 11.1 Å². The molecule has 1 rings (SSSR count). The summed E-state index contributed by atoms with van der Waals surface area (Å²) in [4.78, 5) is 13.3. The largest absolute Gasteiger partial charge is 0.348 e. The van der Waals surface area contributed by atoms with Gasteiger partial charge in [0.2, 0.25) is 5.91 Å². The van der Waals surface area contributed by atoms with Crippen molar-refractivity contribution >= 4 is 17.2 Å². The van der Waals surface area contributed by atoms with Gasteiger partial charge in [-0.1, -0.05) is 40.2 Å². The Morgan fingerprint density at radius 2 is 2.16 bits per heavy atom. The van der Waals surface area contributed by atoms with E-state index < -0.39 is 0 Å². The van der Waals surface area contributed by atoms with Gasteiger partial charge in [-0.15, -0.1) is 11.3 Å². The summed E-state index contributed by atoms with van der Waals surface area (Å²) in [5, 5.41) is 5.16. The molecule has 2 unspecified atom stereocenters. The molecule has 0 aromatic carbocycles. The summed E-state index contributed by atoms with van der Waals surface area (Å²) in [5.41, 5.74) is 6.02. The lowest BCUT2D eigenvalue weighted by Crippen LogP contribution is -2.40. The first-order chi connectivity index (χ1) is 8.84. The van der Waals surface area contributed by atoms with E-state index in [9.17, 15) is 4.79 Å². The van der Waals surface area contributed by atoms with Crippen molar-refractivity contribution in [2.45, 2.75) is 59.0 Å². The van der Waals surface area contributed by atoms with Gasteiger partial charge in [-0.05, 0) is 23.3 Å². The maximum absolute atomic E-state index is 12.1. The Labute approximate surface area is 120 Å². The van der Waals surface area contributed by atoms with Gasteiger partial charge in [0, 0.05) is 17.3 Å². The lowest BCUT2D eigenvalue weighted by Gasteiger charge is -2.27. The zero-order valence-electron chi connectivity index (χ0n) is 12.4. The van der Waals surface area contributed by atoms with Gasteiger partial charge in [0.15, 0.2) is 0 Å². The molecule has 0 spiro atoms. The van der Waals surface area contributed by atoms with Gasteiger partial charge in [0.25, 0.3) is 0 Å². The topological polar surface area (TPSA) is 55.1 Å². The monoisotopic (exact) mass is 282 g/mol. The third-order valence-electron chi connectivity index (χ3n) is 3.32. The predicted molar refractivity (Wildman–Crippen MR) is 82.2 cm³/mol. The molecular weight excluding hydrogens is 256 g/mol. The number of rotatable bonds is 6. The average molecular weight is 282 g/mol. The highest BCUT2D eigenvalue weighted by Gasteiger charge is 2.24. The van der Waals surface area contributed by atoms with Crippen LogP contribution in [0.25, 0.3) is 0 Å². The SMILES string of the molecule is CCCC(NC(=O)CC(N)C(C)(C)C)c1cccs1. The van der Waals surface area contributed by atoms with Crippen molar-refractivity contribution in [1.29, 1.82) is 0 Å². The summed E-state index contributed by atoms with van der Waals surface area (Å²) in [6.45, 7) is 8.32. The summed E-state index contributed by atoms with van der Waals surface area (Å²) in [7, 11) is 0. The van der Waals surface area contributed by atoms with Crippen LogP contribution in [0.2, 0.25) is 0 Å². The summed E-state index contributed by atoms with van der Waals surface area (Å²) < 4.78 is 0. The smallest absolute Gasteiger partial charge is 0.222 e. The first-order valence-corrected chi connectivity index (χ1v) is 7.81. The highest BCUT2D eigenvalue weighted by molar-refractivity contribution is 7.10. The van der Waals surface area contributed by atoms with Crippen LogP contribution in [0.1, 0.15) is 57.9 Å². The van der Waals surface area contributed by atoms with Crippen LogP contribution < -0.4 is 11.1 Å². The number of thiophene rings is 1. The quantitative estimate of drug-likeness (QED) is 0.839. The summed E-state index contributed by atoms with van der Waals surface area (Å²) in [6.07, 6.45) is 2.40. The van der Waals surface area contributed by atoms with E-state index in [4.69, 9.17) is 5.73 Å². The van der Waals surface area contributed by atoms with E-state index >= 15 is 0 Å². The minimum atomic E-state index is -0.113. The summed E-state index contributed by atoms with van der Waals surface area (Å²) >= 11 is 1.69. The summed E-state index contributed by atoms with van der Waals surface area (Å²) in [6, 6.07) is 4.12. The fourth-order valence-corrected chi connectivity index (χ4v) is 2.64. The van der Waals surface area contributed by atoms with Crippen LogP contribution >= 0.6 is 11.3 Å². The van der Waals surface area contributed by atoms with Crippen molar-refractivity contribution in [1.82, 2.24) is 5.32 Å². The van der Waals surface area contributed by atoms with Crippen LogP contribution in [0, 0.1) is 5.41 Å². The van der Waals surface area contributed by atoms with Gasteiger partial charge in [-0.2, -0.15) is 0 Å². The average Bonchev–Trinajstić information content (AvgIpc) is 2.80. The Balaban J connectivity index is 2.58. The van der Waals surface area contributed by atoms with Gasteiger partial charge in [-0.25, -0.2) is 0 Å². The number of hydrogen-bond acceptors (Lipinski definition) is 3. The third-order valence-corrected chi connectivity index (χ3v) is 4.30. The molecule has 108 valence electrons. The fraction of sp³-hybridized carbons (Fsp3) is 0.667. The molecule has 4 heteroatoms. The van der Waals surface area contributed by atoms with Crippen molar-refractivity contribution in [3.63, 3.8) is 0 Å². The van der Waals surface area contributed by atoms with Crippen LogP contribution in [0.4, 0.5) is 0 Å². The molecule has 1 aromatic heterocycles. The highest BCUT2D eigenvalue weighted by atomic mass is 32.1. The number of nitrogens with one attached hydrogen (secondary N) is 1. The van der Waals surface area contributed by atoms with Crippen LogP contribution in [0.15, 0.2) is 17.5 Å². The van der Waals surface area contributed by atoms with Gasteiger partial charge in [0.05, 0.1) is 6.04 Å². The fourth-order valence-electron chi connectivity index (χ4n) is 1.82. The van der Waals surface area contributed by atoms with Crippen molar-refractivity contribution in [2.24, 2.45) is 11.1 Å². The second kappa shape index (κ2) is 7.06. The van der Waals surface area contributed by atoms with E-state index in [-0.39, 0.29) is 23.4 Å². The zero-order valence-corrected chi connectivity index (χ0v) is 13.2. The van der Waals surface area contributed by atoms with Crippen LogP contribution in [0.5, 0.6) is 0 Å². The number of carbonyl (C=O) groups excluding carboxylic acids is 1. The maximum Gasteiger partial charge on any atom is 0.222 e. The third kappa shape index (κ3) is 5.33. The Morgan fingerprint density at radius 1 is 1.47 bits per heavy atom. The molecule has 1 heterocycles. The number of amides is 1. The molecule has 1 aromatic rings. The van der Waals surface area contributed by atoms with Crippen molar-refractivity contribution < 1.29 is 4.79 Å². The Hall–Kier alpha value is -0.870. The molecule has 1 amide bonds. The standard InChI is InChI=1S/C15H26N2OS/c1-5-7-11(12-8-6-9-19-12)17-14(18)10-13(16)15(2,3)4/h6,8-9,11,13H,5,7,10,16H2,1-4H3,(H,17,18). The molecule has 19 heavy (non-hydrogen) atoms. The molecule has 0 saturated heterocycles.